The SMILES string of the molecule is CCNC(=NCC(C)(C)c1ccc(CC)cc1)NCCNC(=O)C1CC1. The molecule has 1 aliphatic carbocycles. The van der Waals surface area contributed by atoms with Gasteiger partial charge in [-0.25, -0.2) is 0 Å². The highest BCUT2D eigenvalue weighted by Gasteiger charge is 2.29. The summed E-state index contributed by atoms with van der Waals surface area (Å²) in [5.74, 6) is 1.24. The minimum atomic E-state index is -0.0329. The highest BCUT2D eigenvalue weighted by molar-refractivity contribution is 5.81. The molecule has 5 nitrogen and oxygen atoms in total. The van der Waals surface area contributed by atoms with Crippen LogP contribution in [-0.4, -0.2) is 38.0 Å². The van der Waals surface area contributed by atoms with Gasteiger partial charge >= 0.3 is 0 Å². The number of benzene rings is 1. The van der Waals surface area contributed by atoms with Gasteiger partial charge in [0, 0.05) is 31.0 Å². The second-order valence-electron chi connectivity index (χ2n) is 7.62. The highest BCUT2D eigenvalue weighted by atomic mass is 16.2. The molecule has 0 radical (unpaired) electrons. The van der Waals surface area contributed by atoms with Gasteiger partial charge in [-0.3, -0.25) is 9.79 Å². The fraction of sp³-hybridized carbons (Fsp3) is 0.619. The van der Waals surface area contributed by atoms with E-state index in [4.69, 9.17) is 4.99 Å². The molecule has 0 unspecified atom stereocenters. The molecule has 0 aliphatic heterocycles. The van der Waals surface area contributed by atoms with E-state index in [0.717, 1.165) is 31.8 Å². The molecule has 26 heavy (non-hydrogen) atoms. The summed E-state index contributed by atoms with van der Waals surface area (Å²) in [6.07, 6.45) is 3.14. The van der Waals surface area contributed by atoms with Crippen molar-refractivity contribution < 1.29 is 4.79 Å². The summed E-state index contributed by atoms with van der Waals surface area (Å²) >= 11 is 0. The quantitative estimate of drug-likeness (QED) is 0.361. The Morgan fingerprint density at radius 1 is 1.08 bits per heavy atom. The molecule has 2 rings (SSSR count). The summed E-state index contributed by atoms with van der Waals surface area (Å²) in [7, 11) is 0. The van der Waals surface area contributed by atoms with E-state index in [9.17, 15) is 4.79 Å². The van der Waals surface area contributed by atoms with E-state index in [-0.39, 0.29) is 17.2 Å². The maximum Gasteiger partial charge on any atom is 0.223 e. The lowest BCUT2D eigenvalue weighted by Crippen LogP contribution is -2.42. The van der Waals surface area contributed by atoms with E-state index < -0.39 is 0 Å². The summed E-state index contributed by atoms with van der Waals surface area (Å²) in [4.78, 5) is 16.4. The van der Waals surface area contributed by atoms with Crippen molar-refractivity contribution in [1.82, 2.24) is 16.0 Å². The van der Waals surface area contributed by atoms with Crippen molar-refractivity contribution in [1.29, 1.82) is 0 Å². The van der Waals surface area contributed by atoms with Crippen LogP contribution in [0.1, 0.15) is 51.7 Å². The van der Waals surface area contributed by atoms with Crippen molar-refractivity contribution in [3.05, 3.63) is 35.4 Å². The summed E-state index contributed by atoms with van der Waals surface area (Å²) in [6.45, 7) is 11.5. The smallest absolute Gasteiger partial charge is 0.223 e. The van der Waals surface area contributed by atoms with Crippen LogP contribution >= 0.6 is 0 Å². The van der Waals surface area contributed by atoms with Crippen LogP contribution in [0.5, 0.6) is 0 Å². The van der Waals surface area contributed by atoms with Crippen molar-refractivity contribution in [2.45, 2.75) is 52.4 Å². The lowest BCUT2D eigenvalue weighted by Gasteiger charge is -2.24. The topological polar surface area (TPSA) is 65.5 Å². The van der Waals surface area contributed by atoms with Gasteiger partial charge in [0.05, 0.1) is 6.54 Å². The monoisotopic (exact) mass is 358 g/mol. The molecule has 1 aromatic carbocycles. The first-order chi connectivity index (χ1) is 12.5. The molecule has 1 aromatic rings. The lowest BCUT2D eigenvalue weighted by molar-refractivity contribution is -0.122. The van der Waals surface area contributed by atoms with Crippen molar-refractivity contribution in [3.63, 3.8) is 0 Å². The molecule has 1 aliphatic rings. The van der Waals surface area contributed by atoms with Gasteiger partial charge in [-0.2, -0.15) is 0 Å². The number of carbonyl (C=O) groups is 1. The fourth-order valence-electron chi connectivity index (χ4n) is 2.76. The number of amides is 1. The molecule has 5 heteroatoms. The average Bonchev–Trinajstić information content (AvgIpc) is 3.48. The van der Waals surface area contributed by atoms with E-state index in [2.05, 4.69) is 67.9 Å². The molecular formula is C21H34N4O. The normalized spacial score (nSPS) is 14.8. The first-order valence-corrected chi connectivity index (χ1v) is 9.85. The second kappa shape index (κ2) is 9.60. The zero-order valence-electron chi connectivity index (χ0n) is 16.7. The van der Waals surface area contributed by atoms with Crippen LogP contribution in [0.2, 0.25) is 0 Å². The Balaban J connectivity index is 1.85. The van der Waals surface area contributed by atoms with Crippen molar-refractivity contribution in [2.24, 2.45) is 10.9 Å². The fourth-order valence-corrected chi connectivity index (χ4v) is 2.76. The van der Waals surface area contributed by atoms with Gasteiger partial charge in [0.2, 0.25) is 5.91 Å². The van der Waals surface area contributed by atoms with E-state index >= 15 is 0 Å². The van der Waals surface area contributed by atoms with Gasteiger partial charge < -0.3 is 16.0 Å². The number of nitrogens with one attached hydrogen (secondary N) is 3. The molecule has 1 fully saturated rings. The van der Waals surface area contributed by atoms with Gasteiger partial charge in [-0.15, -0.1) is 0 Å². The minimum absolute atomic E-state index is 0.0329. The number of guanidine groups is 1. The van der Waals surface area contributed by atoms with Gasteiger partial charge in [0.1, 0.15) is 0 Å². The van der Waals surface area contributed by atoms with Crippen molar-refractivity contribution in [3.8, 4) is 0 Å². The first-order valence-electron chi connectivity index (χ1n) is 9.85. The van der Waals surface area contributed by atoms with E-state index in [1.54, 1.807) is 0 Å². The Hall–Kier alpha value is -2.04. The van der Waals surface area contributed by atoms with E-state index in [0.29, 0.717) is 19.6 Å². The van der Waals surface area contributed by atoms with Crippen LogP contribution < -0.4 is 16.0 Å². The Kier molecular flexibility index (Phi) is 7.49. The molecule has 0 heterocycles. The maximum absolute atomic E-state index is 11.7. The van der Waals surface area contributed by atoms with Crippen molar-refractivity contribution in [2.75, 3.05) is 26.2 Å². The summed E-state index contributed by atoms with van der Waals surface area (Å²) in [5.41, 5.74) is 2.62. The third kappa shape index (κ3) is 6.36. The van der Waals surface area contributed by atoms with Gasteiger partial charge in [0.25, 0.3) is 0 Å². The number of nitrogens with zero attached hydrogens (tertiary/aromatic N) is 1. The third-order valence-corrected chi connectivity index (χ3v) is 4.79. The predicted molar refractivity (Wildman–Crippen MR) is 109 cm³/mol. The molecule has 0 bridgehead atoms. The van der Waals surface area contributed by atoms with Crippen molar-refractivity contribution >= 4 is 11.9 Å². The van der Waals surface area contributed by atoms with E-state index in [1.807, 2.05) is 0 Å². The molecule has 144 valence electrons. The summed E-state index contributed by atoms with van der Waals surface area (Å²) in [6, 6.07) is 8.82. The van der Waals surface area contributed by atoms with Crippen LogP contribution in [-0.2, 0) is 16.6 Å². The average molecular weight is 359 g/mol. The highest BCUT2D eigenvalue weighted by Crippen LogP contribution is 2.28. The number of carbonyl (C=O) groups excluding carboxylic acids is 1. The number of aliphatic imine (C=N–C) groups is 1. The number of rotatable bonds is 9. The molecular weight excluding hydrogens is 324 g/mol. The third-order valence-electron chi connectivity index (χ3n) is 4.79. The maximum atomic E-state index is 11.7. The standard InChI is InChI=1S/C21H34N4O/c1-5-16-7-11-18(12-8-16)21(3,4)15-25-20(22-6-2)24-14-13-23-19(26)17-9-10-17/h7-8,11-12,17H,5-6,9-10,13-15H2,1-4H3,(H,23,26)(H2,22,24,25). The Morgan fingerprint density at radius 2 is 1.73 bits per heavy atom. The number of aryl methyl sites for hydroxylation is 1. The van der Waals surface area contributed by atoms with Crippen LogP contribution in [0.3, 0.4) is 0 Å². The Morgan fingerprint density at radius 3 is 2.31 bits per heavy atom. The van der Waals surface area contributed by atoms with Crippen LogP contribution in [0.15, 0.2) is 29.3 Å². The molecule has 0 saturated heterocycles. The van der Waals surface area contributed by atoms with Crippen LogP contribution in [0.25, 0.3) is 0 Å². The molecule has 1 saturated carbocycles. The second-order valence-corrected chi connectivity index (χ2v) is 7.62. The largest absolute Gasteiger partial charge is 0.357 e. The molecule has 0 spiro atoms. The van der Waals surface area contributed by atoms with E-state index in [1.165, 1.54) is 11.1 Å². The Bertz CT molecular complexity index is 603. The zero-order valence-corrected chi connectivity index (χ0v) is 16.7. The molecule has 0 atom stereocenters. The predicted octanol–water partition coefficient (Wildman–Crippen LogP) is 2.61. The summed E-state index contributed by atoms with van der Waals surface area (Å²) < 4.78 is 0. The van der Waals surface area contributed by atoms with Gasteiger partial charge in [-0.05, 0) is 37.3 Å². The lowest BCUT2D eigenvalue weighted by atomic mass is 9.84. The first kappa shape index (κ1) is 20.3. The van der Waals surface area contributed by atoms with Gasteiger partial charge in [0.15, 0.2) is 5.96 Å². The van der Waals surface area contributed by atoms with Crippen LogP contribution in [0, 0.1) is 5.92 Å². The molecule has 0 aromatic heterocycles. The van der Waals surface area contributed by atoms with Crippen LogP contribution in [0.4, 0.5) is 0 Å². The Labute approximate surface area is 158 Å². The zero-order chi connectivity index (χ0) is 19.0. The molecule has 3 N–H and O–H groups in total. The number of hydrogen-bond donors (Lipinski definition) is 3. The minimum Gasteiger partial charge on any atom is -0.357 e. The van der Waals surface area contributed by atoms with Gasteiger partial charge in [-0.1, -0.05) is 45.0 Å². The molecule has 1 amide bonds. The number of hydrogen-bond acceptors (Lipinski definition) is 2. The summed E-state index contributed by atoms with van der Waals surface area (Å²) in [5, 5.41) is 9.54.